The number of methoxy groups -OCH3 is 1. The van der Waals surface area contributed by atoms with Crippen molar-refractivity contribution in [2.45, 2.75) is 18.9 Å². The average molecular weight is 302 g/mol. The minimum atomic E-state index is -0.314. The summed E-state index contributed by atoms with van der Waals surface area (Å²) in [6, 6.07) is 5.62. The zero-order valence-corrected chi connectivity index (χ0v) is 12.3. The highest BCUT2D eigenvalue weighted by atomic mass is 16.5. The fourth-order valence-electron chi connectivity index (χ4n) is 2.19. The summed E-state index contributed by atoms with van der Waals surface area (Å²) in [7, 11) is 1.57. The first-order valence-corrected chi connectivity index (χ1v) is 7.26. The third kappa shape index (κ3) is 2.94. The summed E-state index contributed by atoms with van der Waals surface area (Å²) in [5, 5.41) is 5.62. The van der Waals surface area contributed by atoms with Gasteiger partial charge in [0.25, 0.3) is 11.8 Å². The van der Waals surface area contributed by atoms with Crippen molar-refractivity contribution in [3.8, 4) is 0 Å². The van der Waals surface area contributed by atoms with E-state index in [-0.39, 0.29) is 29.4 Å². The van der Waals surface area contributed by atoms with Gasteiger partial charge in [-0.25, -0.2) is 4.98 Å². The molecule has 22 heavy (non-hydrogen) atoms. The van der Waals surface area contributed by atoms with Crippen molar-refractivity contribution in [3.05, 3.63) is 35.9 Å². The minimum Gasteiger partial charge on any atom is -0.383 e. The Morgan fingerprint density at radius 1 is 1.36 bits per heavy atom. The lowest BCUT2D eigenvalue weighted by Crippen LogP contribution is -2.28. The van der Waals surface area contributed by atoms with Gasteiger partial charge in [0.1, 0.15) is 0 Å². The fourth-order valence-corrected chi connectivity index (χ4v) is 2.19. The lowest BCUT2D eigenvalue weighted by atomic mass is 10.3. The van der Waals surface area contributed by atoms with Crippen LogP contribution in [-0.4, -0.2) is 47.5 Å². The number of amides is 2. The molecule has 7 heteroatoms. The van der Waals surface area contributed by atoms with Gasteiger partial charge < -0.3 is 15.4 Å². The normalized spacial score (nSPS) is 14.0. The van der Waals surface area contributed by atoms with Crippen LogP contribution in [0.25, 0.3) is 5.52 Å². The number of rotatable bonds is 6. The molecule has 0 aromatic carbocycles. The van der Waals surface area contributed by atoms with Crippen molar-refractivity contribution in [3.63, 3.8) is 0 Å². The number of fused-ring (bicyclic) bond motifs is 1. The summed E-state index contributed by atoms with van der Waals surface area (Å²) in [6.45, 7) is 0.817. The summed E-state index contributed by atoms with van der Waals surface area (Å²) in [5.41, 5.74) is 0.857. The SMILES string of the molecule is COCCNC(=O)c1nc(C(=O)NC2CC2)n2ccccc12. The maximum Gasteiger partial charge on any atom is 0.287 e. The van der Waals surface area contributed by atoms with Gasteiger partial charge >= 0.3 is 0 Å². The molecule has 2 amide bonds. The first-order valence-electron chi connectivity index (χ1n) is 7.26. The molecule has 0 spiro atoms. The summed E-state index contributed by atoms with van der Waals surface area (Å²) in [4.78, 5) is 28.7. The van der Waals surface area contributed by atoms with Crippen LogP contribution in [0.5, 0.6) is 0 Å². The maximum atomic E-state index is 12.3. The van der Waals surface area contributed by atoms with E-state index in [1.807, 2.05) is 6.07 Å². The van der Waals surface area contributed by atoms with Crippen molar-refractivity contribution in [1.29, 1.82) is 0 Å². The van der Waals surface area contributed by atoms with E-state index in [2.05, 4.69) is 15.6 Å². The van der Waals surface area contributed by atoms with Crippen LogP contribution in [0.2, 0.25) is 0 Å². The van der Waals surface area contributed by atoms with Crippen molar-refractivity contribution in [2.24, 2.45) is 0 Å². The maximum absolute atomic E-state index is 12.3. The Kier molecular flexibility index (Phi) is 4.06. The second-order valence-corrected chi connectivity index (χ2v) is 5.24. The molecule has 2 N–H and O–H groups in total. The zero-order chi connectivity index (χ0) is 15.5. The highest BCUT2D eigenvalue weighted by molar-refractivity contribution is 6.02. The van der Waals surface area contributed by atoms with Crippen LogP contribution in [0.4, 0.5) is 0 Å². The number of ether oxygens (including phenoxy) is 1. The number of carbonyl (C=O) groups is 2. The molecule has 3 rings (SSSR count). The summed E-state index contributed by atoms with van der Waals surface area (Å²) >= 11 is 0. The molecule has 0 atom stereocenters. The Balaban J connectivity index is 1.89. The van der Waals surface area contributed by atoms with Crippen LogP contribution in [0, 0.1) is 0 Å². The average Bonchev–Trinajstić information content (AvgIpc) is 3.24. The van der Waals surface area contributed by atoms with Gasteiger partial charge in [0.2, 0.25) is 5.82 Å². The fraction of sp³-hybridized carbons (Fsp3) is 0.400. The third-order valence-corrected chi connectivity index (χ3v) is 3.47. The first-order chi connectivity index (χ1) is 10.7. The minimum absolute atomic E-state index is 0.236. The lowest BCUT2D eigenvalue weighted by molar-refractivity contribution is 0.0934. The van der Waals surface area contributed by atoms with E-state index in [1.54, 1.807) is 29.8 Å². The van der Waals surface area contributed by atoms with Gasteiger partial charge in [-0.3, -0.25) is 14.0 Å². The Labute approximate surface area is 127 Å². The van der Waals surface area contributed by atoms with Gasteiger partial charge in [0.05, 0.1) is 12.1 Å². The standard InChI is InChI=1S/C15H18N4O3/c1-22-9-7-16-14(20)12-11-4-2-3-8-19(11)13(18-12)15(21)17-10-5-6-10/h2-4,8,10H,5-7,9H2,1H3,(H,16,20)(H,17,21). The van der Waals surface area contributed by atoms with Gasteiger partial charge in [-0.2, -0.15) is 0 Å². The molecular formula is C15H18N4O3. The molecule has 7 nitrogen and oxygen atoms in total. The molecular weight excluding hydrogens is 284 g/mol. The molecule has 1 aliphatic carbocycles. The highest BCUT2D eigenvalue weighted by Gasteiger charge is 2.27. The van der Waals surface area contributed by atoms with Gasteiger partial charge in [0, 0.05) is 25.9 Å². The zero-order valence-electron chi connectivity index (χ0n) is 12.3. The summed E-state index contributed by atoms with van der Waals surface area (Å²) in [5.74, 6) is -0.328. The Hall–Kier alpha value is -2.41. The van der Waals surface area contributed by atoms with E-state index >= 15 is 0 Å². The van der Waals surface area contributed by atoms with Gasteiger partial charge in [-0.1, -0.05) is 6.07 Å². The number of carbonyl (C=O) groups excluding carboxylic acids is 2. The van der Waals surface area contributed by atoms with Crippen LogP contribution >= 0.6 is 0 Å². The first kappa shape index (κ1) is 14.5. The third-order valence-electron chi connectivity index (χ3n) is 3.47. The molecule has 2 heterocycles. The van der Waals surface area contributed by atoms with E-state index in [0.29, 0.717) is 18.7 Å². The summed E-state index contributed by atoms with van der Waals surface area (Å²) < 4.78 is 6.55. The molecule has 0 saturated heterocycles. The predicted octanol–water partition coefficient (Wildman–Crippen LogP) is 0.603. The number of pyridine rings is 1. The van der Waals surface area contributed by atoms with E-state index in [0.717, 1.165) is 12.8 Å². The lowest BCUT2D eigenvalue weighted by Gasteiger charge is -2.02. The molecule has 0 unspecified atom stereocenters. The van der Waals surface area contributed by atoms with E-state index in [1.165, 1.54) is 0 Å². The molecule has 0 radical (unpaired) electrons. The predicted molar refractivity (Wildman–Crippen MR) is 79.9 cm³/mol. The van der Waals surface area contributed by atoms with Crippen LogP contribution in [0.3, 0.4) is 0 Å². The molecule has 0 aliphatic heterocycles. The second-order valence-electron chi connectivity index (χ2n) is 5.24. The van der Waals surface area contributed by atoms with Crippen molar-refractivity contribution in [1.82, 2.24) is 20.0 Å². The quantitative estimate of drug-likeness (QED) is 0.765. The monoisotopic (exact) mass is 302 g/mol. The van der Waals surface area contributed by atoms with Gasteiger partial charge in [-0.15, -0.1) is 0 Å². The van der Waals surface area contributed by atoms with Gasteiger partial charge in [-0.05, 0) is 25.0 Å². The molecule has 1 saturated carbocycles. The number of imidazole rings is 1. The molecule has 2 aromatic rings. The van der Waals surface area contributed by atoms with Crippen molar-refractivity contribution in [2.75, 3.05) is 20.3 Å². The number of hydrogen-bond donors (Lipinski definition) is 2. The van der Waals surface area contributed by atoms with E-state index in [4.69, 9.17) is 4.74 Å². The van der Waals surface area contributed by atoms with Crippen molar-refractivity contribution >= 4 is 17.3 Å². The molecule has 2 aromatic heterocycles. The Bertz CT molecular complexity index is 706. The Morgan fingerprint density at radius 3 is 2.91 bits per heavy atom. The van der Waals surface area contributed by atoms with E-state index in [9.17, 15) is 9.59 Å². The van der Waals surface area contributed by atoms with Crippen LogP contribution in [0.1, 0.15) is 33.9 Å². The van der Waals surface area contributed by atoms with Crippen molar-refractivity contribution < 1.29 is 14.3 Å². The topological polar surface area (TPSA) is 84.7 Å². The van der Waals surface area contributed by atoms with Crippen LogP contribution in [0.15, 0.2) is 24.4 Å². The van der Waals surface area contributed by atoms with E-state index < -0.39 is 0 Å². The second kappa shape index (κ2) is 6.15. The van der Waals surface area contributed by atoms with Crippen LogP contribution < -0.4 is 10.6 Å². The number of nitrogens with one attached hydrogen (secondary N) is 2. The number of nitrogens with zero attached hydrogens (tertiary/aromatic N) is 2. The molecule has 1 aliphatic rings. The van der Waals surface area contributed by atoms with Gasteiger partial charge in [0.15, 0.2) is 5.69 Å². The molecule has 0 bridgehead atoms. The number of hydrogen-bond acceptors (Lipinski definition) is 4. The largest absolute Gasteiger partial charge is 0.383 e. The van der Waals surface area contributed by atoms with Crippen LogP contribution in [-0.2, 0) is 4.74 Å². The Morgan fingerprint density at radius 2 is 2.18 bits per heavy atom. The molecule has 1 fully saturated rings. The smallest absolute Gasteiger partial charge is 0.287 e. The highest BCUT2D eigenvalue weighted by Crippen LogP contribution is 2.20. The number of aromatic nitrogens is 2. The summed E-state index contributed by atoms with van der Waals surface area (Å²) in [6.07, 6.45) is 3.73. The molecule has 116 valence electrons.